The van der Waals surface area contributed by atoms with Crippen LogP contribution in [0.1, 0.15) is 38.5 Å². The molecule has 1 fully saturated rings. The molecule has 0 amide bonds. The van der Waals surface area contributed by atoms with Crippen molar-refractivity contribution in [3.63, 3.8) is 0 Å². The quantitative estimate of drug-likeness (QED) is 0.620. The highest BCUT2D eigenvalue weighted by atomic mass is 19.3. The molecule has 0 aliphatic heterocycles. The fraction of sp³-hybridized carbons (Fsp3) is 0.875. The first-order valence-corrected chi connectivity index (χ1v) is 4.14. The van der Waals surface area contributed by atoms with Crippen LogP contribution in [0.3, 0.4) is 0 Å². The Labute approximate surface area is 65.6 Å². The van der Waals surface area contributed by atoms with Crippen molar-refractivity contribution in [2.24, 2.45) is 5.92 Å². The lowest BCUT2D eigenvalue weighted by atomic mass is 9.87. The third-order valence-corrected chi connectivity index (χ3v) is 2.27. The zero-order valence-corrected chi connectivity index (χ0v) is 6.51. The summed E-state index contributed by atoms with van der Waals surface area (Å²) in [7, 11) is 0. The molecule has 3 heteroatoms. The number of hydrogen-bond donors (Lipinski definition) is 0. The van der Waals surface area contributed by atoms with Crippen LogP contribution in [0.4, 0.5) is 4.53 Å². The molecule has 0 bridgehead atoms. The summed E-state index contributed by atoms with van der Waals surface area (Å²) in [6.45, 7) is 0. The molecule has 2 nitrogen and oxygen atoms in total. The van der Waals surface area contributed by atoms with E-state index in [0.29, 0.717) is 5.92 Å². The monoisotopic (exact) mass is 160 g/mol. The Bertz CT molecular complexity index is 130. The van der Waals surface area contributed by atoms with E-state index in [-0.39, 0.29) is 6.42 Å². The molecule has 0 atom stereocenters. The van der Waals surface area contributed by atoms with E-state index in [1.165, 1.54) is 19.3 Å². The van der Waals surface area contributed by atoms with Gasteiger partial charge in [0.15, 0.2) is 0 Å². The molecule has 0 unspecified atom stereocenters. The molecule has 0 radical (unpaired) electrons. The summed E-state index contributed by atoms with van der Waals surface area (Å²) in [5.74, 6) is -0.344. The maximum Gasteiger partial charge on any atom is 0.349 e. The predicted octanol–water partition coefficient (Wildman–Crippen LogP) is 2.38. The second-order valence-corrected chi connectivity index (χ2v) is 3.16. The Morgan fingerprint density at radius 2 is 2.00 bits per heavy atom. The van der Waals surface area contributed by atoms with Gasteiger partial charge >= 0.3 is 5.97 Å². The van der Waals surface area contributed by atoms with Gasteiger partial charge in [0.05, 0.1) is 6.42 Å². The number of hydrogen-bond acceptors (Lipinski definition) is 2. The highest BCUT2D eigenvalue weighted by Crippen LogP contribution is 2.26. The van der Waals surface area contributed by atoms with Crippen LogP contribution < -0.4 is 0 Å². The second kappa shape index (κ2) is 4.31. The van der Waals surface area contributed by atoms with Crippen molar-refractivity contribution in [3.8, 4) is 0 Å². The minimum Gasteiger partial charge on any atom is -0.255 e. The first-order chi connectivity index (χ1) is 5.33. The number of rotatable bonds is 2. The van der Waals surface area contributed by atoms with Gasteiger partial charge in [-0.05, 0) is 18.8 Å². The van der Waals surface area contributed by atoms with Crippen molar-refractivity contribution in [1.82, 2.24) is 0 Å². The summed E-state index contributed by atoms with van der Waals surface area (Å²) in [4.78, 5) is 13.6. The first kappa shape index (κ1) is 8.50. The fourth-order valence-electron chi connectivity index (χ4n) is 1.66. The minimum atomic E-state index is -0.711. The van der Waals surface area contributed by atoms with Crippen LogP contribution in [-0.2, 0) is 9.74 Å². The Morgan fingerprint density at radius 3 is 2.55 bits per heavy atom. The van der Waals surface area contributed by atoms with Gasteiger partial charge < -0.3 is 0 Å². The average molecular weight is 160 g/mol. The maximum absolute atomic E-state index is 11.3. The van der Waals surface area contributed by atoms with Crippen LogP contribution in [-0.4, -0.2) is 5.97 Å². The molecule has 1 aliphatic carbocycles. The summed E-state index contributed by atoms with van der Waals surface area (Å²) in [6, 6.07) is 0. The van der Waals surface area contributed by atoms with Crippen LogP contribution in [0.2, 0.25) is 0 Å². The molecule has 0 aromatic rings. The lowest BCUT2D eigenvalue weighted by molar-refractivity contribution is -0.185. The van der Waals surface area contributed by atoms with Crippen LogP contribution in [0.5, 0.6) is 0 Å². The van der Waals surface area contributed by atoms with Crippen molar-refractivity contribution in [3.05, 3.63) is 0 Å². The van der Waals surface area contributed by atoms with Gasteiger partial charge in [0.25, 0.3) is 0 Å². The molecule has 0 saturated heterocycles. The van der Waals surface area contributed by atoms with Gasteiger partial charge in [-0.3, -0.25) is 4.94 Å². The summed E-state index contributed by atoms with van der Waals surface area (Å²) >= 11 is 0. The van der Waals surface area contributed by atoms with E-state index in [1.54, 1.807) is 0 Å². The zero-order valence-electron chi connectivity index (χ0n) is 6.51. The van der Waals surface area contributed by atoms with Gasteiger partial charge in [0, 0.05) is 4.53 Å². The minimum absolute atomic E-state index is 0.260. The smallest absolute Gasteiger partial charge is 0.255 e. The zero-order chi connectivity index (χ0) is 8.10. The number of halogens is 1. The number of carbonyl (C=O) groups is 1. The molecular formula is C8H13FO2. The Kier molecular flexibility index (Phi) is 3.33. The van der Waals surface area contributed by atoms with Gasteiger partial charge in [0.2, 0.25) is 0 Å². The maximum atomic E-state index is 11.3. The van der Waals surface area contributed by atoms with Crippen LogP contribution >= 0.6 is 0 Å². The van der Waals surface area contributed by atoms with Crippen LogP contribution in [0.15, 0.2) is 0 Å². The van der Waals surface area contributed by atoms with Gasteiger partial charge in [-0.2, -0.15) is 0 Å². The molecular weight excluding hydrogens is 147 g/mol. The van der Waals surface area contributed by atoms with Gasteiger partial charge in [-0.25, -0.2) is 4.79 Å². The summed E-state index contributed by atoms with van der Waals surface area (Å²) in [5, 5.41) is 0. The predicted molar refractivity (Wildman–Crippen MR) is 38.4 cm³/mol. The Morgan fingerprint density at radius 1 is 1.36 bits per heavy atom. The topological polar surface area (TPSA) is 26.3 Å². The van der Waals surface area contributed by atoms with E-state index in [9.17, 15) is 9.32 Å². The van der Waals surface area contributed by atoms with Gasteiger partial charge in [0.1, 0.15) is 0 Å². The lowest BCUT2D eigenvalue weighted by Gasteiger charge is -2.19. The summed E-state index contributed by atoms with van der Waals surface area (Å²) in [6.07, 6.45) is 5.95. The third kappa shape index (κ3) is 2.87. The molecule has 11 heavy (non-hydrogen) atoms. The molecule has 1 saturated carbocycles. The van der Waals surface area contributed by atoms with E-state index >= 15 is 0 Å². The summed E-state index contributed by atoms with van der Waals surface area (Å²) < 4.78 is 11.3. The molecule has 0 heterocycles. The van der Waals surface area contributed by atoms with E-state index < -0.39 is 5.97 Å². The van der Waals surface area contributed by atoms with Crippen LogP contribution in [0.25, 0.3) is 0 Å². The molecule has 0 aromatic carbocycles. The lowest BCUT2D eigenvalue weighted by Crippen LogP contribution is -2.11. The number of carbonyl (C=O) groups excluding carboxylic acids is 1. The first-order valence-electron chi connectivity index (χ1n) is 4.14. The van der Waals surface area contributed by atoms with Gasteiger partial charge in [-0.15, -0.1) is 0 Å². The molecule has 1 aliphatic rings. The standard InChI is InChI=1S/C8H13FO2/c9-11-8(10)6-7-4-2-1-3-5-7/h7H,1-6H2. The molecule has 64 valence electrons. The fourth-order valence-corrected chi connectivity index (χ4v) is 1.66. The van der Waals surface area contributed by atoms with E-state index in [1.807, 2.05) is 0 Å². The third-order valence-electron chi connectivity index (χ3n) is 2.27. The van der Waals surface area contributed by atoms with Crippen molar-refractivity contribution < 1.29 is 14.3 Å². The highest BCUT2D eigenvalue weighted by molar-refractivity contribution is 5.68. The van der Waals surface area contributed by atoms with Crippen molar-refractivity contribution >= 4 is 5.97 Å². The normalized spacial score (nSPS) is 19.7. The molecule has 1 rings (SSSR count). The van der Waals surface area contributed by atoms with Crippen molar-refractivity contribution in [1.29, 1.82) is 0 Å². The SMILES string of the molecule is O=C(CC1CCCCC1)OF. The van der Waals surface area contributed by atoms with Crippen molar-refractivity contribution in [2.45, 2.75) is 38.5 Å². The largest absolute Gasteiger partial charge is 0.349 e. The second-order valence-electron chi connectivity index (χ2n) is 3.16. The van der Waals surface area contributed by atoms with Gasteiger partial charge in [-0.1, -0.05) is 19.3 Å². The average Bonchev–Trinajstić information content (AvgIpc) is 2.06. The van der Waals surface area contributed by atoms with Crippen molar-refractivity contribution in [2.75, 3.05) is 0 Å². The highest BCUT2D eigenvalue weighted by Gasteiger charge is 2.17. The van der Waals surface area contributed by atoms with E-state index in [4.69, 9.17) is 0 Å². The van der Waals surface area contributed by atoms with E-state index in [0.717, 1.165) is 12.8 Å². The Balaban J connectivity index is 2.19. The molecule has 0 aromatic heterocycles. The summed E-state index contributed by atoms with van der Waals surface area (Å²) in [5.41, 5.74) is 0. The molecule has 0 spiro atoms. The van der Waals surface area contributed by atoms with E-state index in [2.05, 4.69) is 4.94 Å². The van der Waals surface area contributed by atoms with Crippen LogP contribution in [0, 0.1) is 5.92 Å². The Hall–Kier alpha value is -0.600. The molecule has 0 N–H and O–H groups in total.